The molecule has 0 amide bonds. The Morgan fingerprint density at radius 3 is 2.75 bits per heavy atom. The zero-order valence-electron chi connectivity index (χ0n) is 9.54. The molecule has 16 heavy (non-hydrogen) atoms. The van der Waals surface area contributed by atoms with Crippen molar-refractivity contribution in [3.63, 3.8) is 0 Å². The molecular formula is C14H18OS. The van der Waals surface area contributed by atoms with Crippen LogP contribution in [0.25, 0.3) is 0 Å². The van der Waals surface area contributed by atoms with E-state index >= 15 is 0 Å². The Hall–Kier alpha value is -0.890. The first kappa shape index (κ1) is 11.6. The number of hydrogen-bond acceptors (Lipinski definition) is 2. The number of ether oxygens (including phenoxy) is 1. The fraction of sp³-hybridized carbons (Fsp3) is 0.429. The third-order valence-corrected chi connectivity index (χ3v) is 3.43. The first-order valence-electron chi connectivity index (χ1n) is 5.81. The first-order valence-corrected chi connectivity index (χ1v) is 6.45. The highest BCUT2D eigenvalue weighted by Crippen LogP contribution is 2.25. The Balaban J connectivity index is 2.03. The van der Waals surface area contributed by atoms with Crippen molar-refractivity contribution in [2.75, 3.05) is 12.4 Å². The number of benzene rings is 1. The van der Waals surface area contributed by atoms with Crippen molar-refractivity contribution in [2.45, 2.75) is 25.7 Å². The Bertz CT molecular complexity index is 384. The minimum atomic E-state index is 0.572. The summed E-state index contributed by atoms with van der Waals surface area (Å²) in [5, 5.41) is 0. The van der Waals surface area contributed by atoms with E-state index in [1.54, 1.807) is 0 Å². The molecule has 1 aromatic carbocycles. The summed E-state index contributed by atoms with van der Waals surface area (Å²) in [5.74, 6) is 1.65. The predicted molar refractivity (Wildman–Crippen MR) is 71.6 cm³/mol. The van der Waals surface area contributed by atoms with Crippen molar-refractivity contribution in [3.05, 3.63) is 41.5 Å². The standard InChI is InChI=1S/C14H18OS/c1-11(10-16)9-15-14-7-6-12-4-2-3-5-13(12)8-14/h6-8,16H,1-5,9-10H2. The third-order valence-electron chi connectivity index (χ3n) is 2.99. The number of hydrogen-bond donors (Lipinski definition) is 1. The number of thiol groups is 1. The largest absolute Gasteiger partial charge is 0.489 e. The zero-order chi connectivity index (χ0) is 11.4. The molecule has 0 unspecified atom stereocenters. The fourth-order valence-electron chi connectivity index (χ4n) is 2.03. The molecule has 1 aliphatic rings. The van der Waals surface area contributed by atoms with E-state index in [1.807, 2.05) is 0 Å². The molecule has 0 radical (unpaired) electrons. The van der Waals surface area contributed by atoms with Crippen LogP contribution >= 0.6 is 12.6 Å². The Labute approximate surface area is 103 Å². The van der Waals surface area contributed by atoms with E-state index in [0.717, 1.165) is 11.3 Å². The highest BCUT2D eigenvalue weighted by molar-refractivity contribution is 7.80. The van der Waals surface area contributed by atoms with Crippen LogP contribution in [0.4, 0.5) is 0 Å². The molecule has 0 atom stereocenters. The van der Waals surface area contributed by atoms with Gasteiger partial charge in [0.15, 0.2) is 0 Å². The van der Waals surface area contributed by atoms with Crippen molar-refractivity contribution < 1.29 is 4.74 Å². The van der Waals surface area contributed by atoms with Crippen LogP contribution in [0.1, 0.15) is 24.0 Å². The van der Waals surface area contributed by atoms with Crippen LogP contribution in [0.2, 0.25) is 0 Å². The molecular weight excluding hydrogens is 216 g/mol. The molecule has 2 rings (SSSR count). The summed E-state index contributed by atoms with van der Waals surface area (Å²) in [6.07, 6.45) is 5.04. The van der Waals surface area contributed by atoms with E-state index in [0.29, 0.717) is 12.4 Å². The van der Waals surface area contributed by atoms with Crippen molar-refractivity contribution in [2.24, 2.45) is 0 Å². The molecule has 1 aromatic rings. The van der Waals surface area contributed by atoms with Gasteiger partial charge in [0.25, 0.3) is 0 Å². The quantitative estimate of drug-likeness (QED) is 0.620. The fourth-order valence-corrected chi connectivity index (χ4v) is 2.12. The van der Waals surface area contributed by atoms with E-state index in [4.69, 9.17) is 4.74 Å². The molecule has 0 saturated heterocycles. The van der Waals surface area contributed by atoms with Crippen LogP contribution in [0.5, 0.6) is 5.75 Å². The van der Waals surface area contributed by atoms with Crippen LogP contribution < -0.4 is 4.74 Å². The lowest BCUT2D eigenvalue weighted by molar-refractivity contribution is 0.352. The van der Waals surface area contributed by atoms with Gasteiger partial charge in [-0.15, -0.1) is 0 Å². The van der Waals surface area contributed by atoms with Gasteiger partial charge in [0.2, 0.25) is 0 Å². The smallest absolute Gasteiger partial charge is 0.120 e. The van der Waals surface area contributed by atoms with E-state index < -0.39 is 0 Å². The molecule has 0 fully saturated rings. The molecule has 0 spiro atoms. The summed E-state index contributed by atoms with van der Waals surface area (Å²) < 4.78 is 5.68. The summed E-state index contributed by atoms with van der Waals surface area (Å²) in [7, 11) is 0. The Morgan fingerprint density at radius 1 is 1.25 bits per heavy atom. The van der Waals surface area contributed by atoms with Gasteiger partial charge in [0, 0.05) is 5.75 Å². The van der Waals surface area contributed by atoms with Gasteiger partial charge >= 0.3 is 0 Å². The summed E-state index contributed by atoms with van der Waals surface area (Å²) in [5.41, 5.74) is 3.97. The van der Waals surface area contributed by atoms with E-state index in [-0.39, 0.29) is 0 Å². The average Bonchev–Trinajstić information content (AvgIpc) is 2.35. The molecule has 2 heteroatoms. The van der Waals surface area contributed by atoms with Crippen LogP contribution in [-0.2, 0) is 12.8 Å². The SMILES string of the molecule is C=C(CS)COc1ccc2c(c1)CCCC2. The third kappa shape index (κ3) is 2.82. The van der Waals surface area contributed by atoms with Gasteiger partial charge in [-0.3, -0.25) is 0 Å². The maximum Gasteiger partial charge on any atom is 0.120 e. The molecule has 0 N–H and O–H groups in total. The maximum atomic E-state index is 5.68. The van der Waals surface area contributed by atoms with Crippen LogP contribution in [0, 0.1) is 0 Å². The van der Waals surface area contributed by atoms with Crippen molar-refractivity contribution in [1.82, 2.24) is 0 Å². The monoisotopic (exact) mass is 234 g/mol. The maximum absolute atomic E-state index is 5.68. The Kier molecular flexibility index (Phi) is 3.94. The van der Waals surface area contributed by atoms with Crippen molar-refractivity contribution in [3.8, 4) is 5.75 Å². The van der Waals surface area contributed by atoms with Gasteiger partial charge in [-0.1, -0.05) is 12.6 Å². The van der Waals surface area contributed by atoms with E-state index in [9.17, 15) is 0 Å². The molecule has 0 bridgehead atoms. The van der Waals surface area contributed by atoms with Crippen molar-refractivity contribution in [1.29, 1.82) is 0 Å². The van der Waals surface area contributed by atoms with Gasteiger partial charge < -0.3 is 4.74 Å². The number of rotatable bonds is 4. The first-order chi connectivity index (χ1) is 7.79. The van der Waals surface area contributed by atoms with Crippen LogP contribution in [0.15, 0.2) is 30.4 Å². The summed E-state index contributed by atoms with van der Waals surface area (Å²) in [4.78, 5) is 0. The predicted octanol–water partition coefficient (Wildman–Crippen LogP) is 3.43. The molecule has 0 aromatic heterocycles. The molecule has 0 aliphatic heterocycles. The number of fused-ring (bicyclic) bond motifs is 1. The molecule has 1 nitrogen and oxygen atoms in total. The second-order valence-electron chi connectivity index (χ2n) is 4.33. The van der Waals surface area contributed by atoms with Gasteiger partial charge in [0.1, 0.15) is 12.4 Å². The van der Waals surface area contributed by atoms with E-state index in [1.165, 1.54) is 36.8 Å². The van der Waals surface area contributed by atoms with Gasteiger partial charge in [-0.25, -0.2) is 0 Å². The average molecular weight is 234 g/mol. The minimum absolute atomic E-state index is 0.572. The summed E-state index contributed by atoms with van der Waals surface area (Å²) in [6.45, 7) is 4.45. The minimum Gasteiger partial charge on any atom is -0.489 e. The van der Waals surface area contributed by atoms with Gasteiger partial charge in [-0.2, -0.15) is 12.6 Å². The highest BCUT2D eigenvalue weighted by atomic mass is 32.1. The second-order valence-corrected chi connectivity index (χ2v) is 4.65. The van der Waals surface area contributed by atoms with Crippen molar-refractivity contribution >= 4 is 12.6 Å². The Morgan fingerprint density at radius 2 is 2.00 bits per heavy atom. The van der Waals surface area contributed by atoms with Gasteiger partial charge in [0.05, 0.1) is 0 Å². The van der Waals surface area contributed by atoms with Gasteiger partial charge in [-0.05, 0) is 54.5 Å². The number of aryl methyl sites for hydroxylation is 2. The van der Waals surface area contributed by atoms with Crippen LogP contribution in [-0.4, -0.2) is 12.4 Å². The normalized spacial score (nSPS) is 14.3. The second kappa shape index (κ2) is 5.44. The molecule has 0 saturated carbocycles. The lowest BCUT2D eigenvalue weighted by Crippen LogP contribution is -2.05. The zero-order valence-corrected chi connectivity index (χ0v) is 10.4. The molecule has 86 valence electrons. The summed E-state index contributed by atoms with van der Waals surface area (Å²) in [6, 6.07) is 6.45. The molecule has 0 heterocycles. The van der Waals surface area contributed by atoms with E-state index in [2.05, 4.69) is 37.4 Å². The lowest BCUT2D eigenvalue weighted by atomic mass is 9.92. The highest BCUT2D eigenvalue weighted by Gasteiger charge is 2.09. The topological polar surface area (TPSA) is 9.23 Å². The lowest BCUT2D eigenvalue weighted by Gasteiger charge is -2.17. The van der Waals surface area contributed by atoms with Crippen LogP contribution in [0.3, 0.4) is 0 Å². The summed E-state index contributed by atoms with van der Waals surface area (Å²) >= 11 is 4.16. The molecule has 1 aliphatic carbocycles.